The third-order valence-corrected chi connectivity index (χ3v) is 3.92. The van der Waals surface area contributed by atoms with Crippen molar-refractivity contribution in [2.75, 3.05) is 19.6 Å². The second-order valence-electron chi connectivity index (χ2n) is 5.38. The standard InChI is InChI=1S/C12H17F3N2O3/c13-12(14,15)11(4-5-16-7-11)10(20)17(8-1-2-8)6-3-9(18)19/h8,16H,1-7H2,(H,18,19). The molecule has 2 N–H and O–H groups in total. The molecule has 2 rings (SSSR count). The van der Waals surface area contributed by atoms with Gasteiger partial charge in [-0.15, -0.1) is 0 Å². The second kappa shape index (κ2) is 5.23. The molecule has 2 fully saturated rings. The highest BCUT2D eigenvalue weighted by molar-refractivity contribution is 5.85. The molecule has 0 aromatic heterocycles. The molecular formula is C12H17F3N2O3. The van der Waals surface area contributed by atoms with Crippen molar-refractivity contribution in [3.8, 4) is 0 Å². The number of hydrogen-bond donors (Lipinski definition) is 2. The van der Waals surface area contributed by atoms with Crippen LogP contribution in [-0.4, -0.2) is 53.7 Å². The Bertz CT molecular complexity index is 401. The van der Waals surface area contributed by atoms with Crippen LogP contribution in [0.3, 0.4) is 0 Å². The monoisotopic (exact) mass is 294 g/mol. The topological polar surface area (TPSA) is 69.6 Å². The van der Waals surface area contributed by atoms with Crippen LogP contribution >= 0.6 is 0 Å². The molecule has 0 aromatic rings. The van der Waals surface area contributed by atoms with Crippen LogP contribution in [0.15, 0.2) is 0 Å². The summed E-state index contributed by atoms with van der Waals surface area (Å²) >= 11 is 0. The minimum Gasteiger partial charge on any atom is -0.481 e. The number of hydrogen-bond acceptors (Lipinski definition) is 3. The van der Waals surface area contributed by atoms with E-state index in [1.54, 1.807) is 0 Å². The minimum absolute atomic E-state index is 0.142. The Morgan fingerprint density at radius 1 is 1.35 bits per heavy atom. The normalized spacial score (nSPS) is 26.6. The Balaban J connectivity index is 2.18. The van der Waals surface area contributed by atoms with Crippen molar-refractivity contribution in [3.63, 3.8) is 0 Å². The maximum Gasteiger partial charge on any atom is 0.404 e. The average molecular weight is 294 g/mol. The summed E-state index contributed by atoms with van der Waals surface area (Å²) < 4.78 is 39.9. The van der Waals surface area contributed by atoms with Crippen LogP contribution in [0.4, 0.5) is 13.2 Å². The van der Waals surface area contributed by atoms with Crippen LogP contribution in [0, 0.1) is 5.41 Å². The smallest absolute Gasteiger partial charge is 0.404 e. The van der Waals surface area contributed by atoms with Gasteiger partial charge in [0.1, 0.15) is 0 Å². The number of alkyl halides is 3. The Hall–Kier alpha value is -1.31. The van der Waals surface area contributed by atoms with E-state index in [0.717, 1.165) is 4.90 Å². The number of amides is 1. The minimum atomic E-state index is -4.62. The van der Waals surface area contributed by atoms with E-state index in [0.29, 0.717) is 12.8 Å². The van der Waals surface area contributed by atoms with Crippen LogP contribution < -0.4 is 5.32 Å². The molecule has 0 bridgehead atoms. The molecule has 1 atom stereocenters. The number of halogens is 3. The number of nitrogens with one attached hydrogen (secondary N) is 1. The third-order valence-electron chi connectivity index (χ3n) is 3.92. The lowest BCUT2D eigenvalue weighted by Crippen LogP contribution is -2.54. The largest absolute Gasteiger partial charge is 0.481 e. The molecule has 114 valence electrons. The third kappa shape index (κ3) is 2.74. The van der Waals surface area contributed by atoms with Crippen LogP contribution in [0.5, 0.6) is 0 Å². The first kappa shape index (κ1) is 15.1. The summed E-state index contributed by atoms with van der Waals surface area (Å²) in [5, 5.41) is 11.3. The number of carboxylic acid groups (broad SMARTS) is 1. The molecular weight excluding hydrogens is 277 g/mol. The van der Waals surface area contributed by atoms with E-state index in [2.05, 4.69) is 5.32 Å². The second-order valence-corrected chi connectivity index (χ2v) is 5.38. The predicted octanol–water partition coefficient (Wildman–Crippen LogP) is 0.994. The summed E-state index contributed by atoms with van der Waals surface area (Å²) in [7, 11) is 0. The SMILES string of the molecule is O=C(O)CCN(C(=O)C1(C(F)(F)F)CCNC1)C1CC1. The van der Waals surface area contributed by atoms with Gasteiger partial charge in [-0.3, -0.25) is 9.59 Å². The van der Waals surface area contributed by atoms with Gasteiger partial charge in [0, 0.05) is 19.1 Å². The van der Waals surface area contributed by atoms with E-state index in [4.69, 9.17) is 5.11 Å². The van der Waals surface area contributed by atoms with E-state index in [1.807, 2.05) is 0 Å². The van der Waals surface area contributed by atoms with Gasteiger partial charge in [-0.1, -0.05) is 0 Å². The lowest BCUT2D eigenvalue weighted by molar-refractivity contribution is -0.222. The Kier molecular flexibility index (Phi) is 3.95. The van der Waals surface area contributed by atoms with Crippen molar-refractivity contribution in [3.05, 3.63) is 0 Å². The molecule has 2 aliphatic rings. The lowest BCUT2D eigenvalue weighted by atomic mass is 9.84. The number of nitrogens with zero attached hydrogens (tertiary/aromatic N) is 1. The Morgan fingerprint density at radius 3 is 2.40 bits per heavy atom. The molecule has 0 radical (unpaired) electrons. The summed E-state index contributed by atoms with van der Waals surface area (Å²) in [5.41, 5.74) is -2.39. The van der Waals surface area contributed by atoms with Gasteiger partial charge in [0.15, 0.2) is 5.41 Å². The lowest BCUT2D eigenvalue weighted by Gasteiger charge is -2.35. The van der Waals surface area contributed by atoms with E-state index in [1.165, 1.54) is 0 Å². The molecule has 1 aliphatic heterocycles. The van der Waals surface area contributed by atoms with Crippen molar-refractivity contribution in [1.82, 2.24) is 10.2 Å². The van der Waals surface area contributed by atoms with Crippen molar-refractivity contribution in [1.29, 1.82) is 0 Å². The highest BCUT2D eigenvalue weighted by Crippen LogP contribution is 2.46. The van der Waals surface area contributed by atoms with E-state index >= 15 is 0 Å². The fourth-order valence-corrected chi connectivity index (χ4v) is 2.56. The molecule has 1 saturated carbocycles. The molecule has 1 heterocycles. The van der Waals surface area contributed by atoms with Gasteiger partial charge in [0.25, 0.3) is 0 Å². The zero-order chi connectivity index (χ0) is 15.0. The first-order chi connectivity index (χ1) is 9.28. The van der Waals surface area contributed by atoms with E-state index in [9.17, 15) is 22.8 Å². The number of carboxylic acids is 1. The summed E-state index contributed by atoms with van der Waals surface area (Å²) in [4.78, 5) is 24.1. The molecule has 5 nitrogen and oxygen atoms in total. The van der Waals surface area contributed by atoms with Gasteiger partial charge in [-0.05, 0) is 25.8 Å². The highest BCUT2D eigenvalue weighted by Gasteiger charge is 2.63. The molecule has 20 heavy (non-hydrogen) atoms. The first-order valence-corrected chi connectivity index (χ1v) is 6.58. The van der Waals surface area contributed by atoms with E-state index in [-0.39, 0.29) is 32.0 Å². The summed E-state index contributed by atoms with van der Waals surface area (Å²) in [6.45, 7) is -0.440. The first-order valence-electron chi connectivity index (χ1n) is 6.58. The van der Waals surface area contributed by atoms with Crippen LogP contribution in [-0.2, 0) is 9.59 Å². The molecule has 0 aromatic carbocycles. The Morgan fingerprint density at radius 2 is 2.00 bits per heavy atom. The maximum atomic E-state index is 13.3. The van der Waals surface area contributed by atoms with Gasteiger partial charge < -0.3 is 15.3 Å². The quantitative estimate of drug-likeness (QED) is 0.793. The van der Waals surface area contributed by atoms with Crippen molar-refractivity contribution >= 4 is 11.9 Å². The number of aliphatic carboxylic acids is 1. The van der Waals surface area contributed by atoms with E-state index < -0.39 is 30.0 Å². The summed E-state index contributed by atoms with van der Waals surface area (Å²) in [6, 6.07) is -0.235. The van der Waals surface area contributed by atoms with Crippen molar-refractivity contribution in [2.24, 2.45) is 5.41 Å². The number of rotatable bonds is 5. The fraction of sp³-hybridized carbons (Fsp3) is 0.833. The molecule has 1 saturated heterocycles. The zero-order valence-corrected chi connectivity index (χ0v) is 10.9. The molecule has 8 heteroatoms. The molecule has 1 aliphatic carbocycles. The van der Waals surface area contributed by atoms with Gasteiger partial charge in [-0.2, -0.15) is 13.2 Å². The summed E-state index contributed by atoms with van der Waals surface area (Å²) in [6.07, 6.45) is -3.95. The maximum absolute atomic E-state index is 13.3. The number of carbonyl (C=O) groups is 2. The predicted molar refractivity (Wildman–Crippen MR) is 63.0 cm³/mol. The van der Waals surface area contributed by atoms with Gasteiger partial charge in [-0.25, -0.2) is 0 Å². The fourth-order valence-electron chi connectivity index (χ4n) is 2.56. The van der Waals surface area contributed by atoms with Crippen molar-refractivity contribution in [2.45, 2.75) is 37.9 Å². The van der Waals surface area contributed by atoms with Crippen LogP contribution in [0.25, 0.3) is 0 Å². The van der Waals surface area contributed by atoms with Crippen LogP contribution in [0.1, 0.15) is 25.7 Å². The molecule has 0 spiro atoms. The number of carbonyl (C=O) groups excluding carboxylic acids is 1. The molecule has 1 amide bonds. The zero-order valence-electron chi connectivity index (χ0n) is 10.9. The average Bonchev–Trinajstić information content (AvgIpc) is 3.03. The van der Waals surface area contributed by atoms with Gasteiger partial charge >= 0.3 is 12.1 Å². The van der Waals surface area contributed by atoms with Gasteiger partial charge in [0.05, 0.1) is 6.42 Å². The van der Waals surface area contributed by atoms with Gasteiger partial charge in [0.2, 0.25) is 5.91 Å². The Labute approximate surface area is 114 Å². The highest BCUT2D eigenvalue weighted by atomic mass is 19.4. The van der Waals surface area contributed by atoms with Crippen molar-refractivity contribution < 1.29 is 27.9 Å². The van der Waals surface area contributed by atoms with Crippen LogP contribution in [0.2, 0.25) is 0 Å². The molecule has 1 unspecified atom stereocenters. The summed E-state index contributed by atoms with van der Waals surface area (Å²) in [5.74, 6) is -2.09.